The standard InChI is InChI=1S/C14H20N8OS/c1-8(2)5-11-16-12(23-20-11)7-24-14-18-17-13(21(14)15)22-10(4)6-9(3)19-22/h6,8H,5,7,15H2,1-4H3. The minimum absolute atomic E-state index is 0.467. The summed E-state index contributed by atoms with van der Waals surface area (Å²) in [6.45, 7) is 8.08. The molecule has 0 fully saturated rings. The van der Waals surface area contributed by atoms with Gasteiger partial charge < -0.3 is 10.4 Å². The van der Waals surface area contributed by atoms with Gasteiger partial charge in [0.2, 0.25) is 11.0 Å². The first-order valence-electron chi connectivity index (χ1n) is 7.62. The number of hydrogen-bond donors (Lipinski definition) is 1. The van der Waals surface area contributed by atoms with Crippen LogP contribution in [0.15, 0.2) is 15.7 Å². The largest absolute Gasteiger partial charge is 0.338 e. The summed E-state index contributed by atoms with van der Waals surface area (Å²) < 4.78 is 8.32. The van der Waals surface area contributed by atoms with Crippen LogP contribution < -0.4 is 5.84 Å². The summed E-state index contributed by atoms with van der Waals surface area (Å²) in [5.74, 6) is 8.80. The maximum Gasteiger partial charge on any atom is 0.271 e. The molecule has 0 saturated heterocycles. The van der Waals surface area contributed by atoms with E-state index in [2.05, 4.69) is 39.3 Å². The summed E-state index contributed by atoms with van der Waals surface area (Å²) in [5.41, 5.74) is 1.84. The van der Waals surface area contributed by atoms with Gasteiger partial charge in [0.15, 0.2) is 5.82 Å². The van der Waals surface area contributed by atoms with Gasteiger partial charge in [-0.3, -0.25) is 0 Å². The van der Waals surface area contributed by atoms with Crippen molar-refractivity contribution in [2.75, 3.05) is 5.84 Å². The van der Waals surface area contributed by atoms with Gasteiger partial charge in [-0.05, 0) is 25.8 Å². The highest BCUT2D eigenvalue weighted by molar-refractivity contribution is 7.98. The van der Waals surface area contributed by atoms with Gasteiger partial charge >= 0.3 is 0 Å². The Hall–Kier alpha value is -2.36. The Labute approximate surface area is 143 Å². The second kappa shape index (κ2) is 6.63. The molecule has 2 N–H and O–H groups in total. The summed E-state index contributed by atoms with van der Waals surface area (Å²) >= 11 is 1.39. The van der Waals surface area contributed by atoms with Gasteiger partial charge in [-0.15, -0.1) is 10.2 Å². The molecule has 0 aliphatic heterocycles. The zero-order valence-electron chi connectivity index (χ0n) is 14.1. The first kappa shape index (κ1) is 16.5. The van der Waals surface area contributed by atoms with Crippen LogP contribution in [0, 0.1) is 19.8 Å². The van der Waals surface area contributed by atoms with Gasteiger partial charge in [0.05, 0.1) is 11.4 Å². The van der Waals surface area contributed by atoms with E-state index in [4.69, 9.17) is 10.4 Å². The number of thioether (sulfide) groups is 1. The van der Waals surface area contributed by atoms with Crippen molar-refractivity contribution in [2.24, 2.45) is 5.92 Å². The maximum atomic E-state index is 6.09. The van der Waals surface area contributed by atoms with Gasteiger partial charge in [-0.1, -0.05) is 30.8 Å². The molecule has 0 spiro atoms. The molecule has 3 rings (SSSR count). The number of hydrogen-bond acceptors (Lipinski definition) is 8. The fourth-order valence-corrected chi connectivity index (χ4v) is 2.96. The summed E-state index contributed by atoms with van der Waals surface area (Å²) in [4.78, 5) is 4.36. The second-order valence-electron chi connectivity index (χ2n) is 5.98. The topological polar surface area (TPSA) is 113 Å². The van der Waals surface area contributed by atoms with Crippen molar-refractivity contribution in [3.63, 3.8) is 0 Å². The van der Waals surface area contributed by atoms with Crippen molar-refractivity contribution in [2.45, 2.75) is 45.0 Å². The lowest BCUT2D eigenvalue weighted by atomic mass is 10.1. The van der Waals surface area contributed by atoms with Crippen LogP contribution in [0.1, 0.15) is 37.0 Å². The SMILES string of the molecule is Cc1cc(C)n(-c2nnc(SCc3nc(CC(C)C)no3)n2N)n1. The third-order valence-electron chi connectivity index (χ3n) is 3.27. The van der Waals surface area contributed by atoms with E-state index in [0.29, 0.717) is 28.7 Å². The number of aryl methyl sites for hydroxylation is 2. The smallest absolute Gasteiger partial charge is 0.271 e. The van der Waals surface area contributed by atoms with Gasteiger partial charge in [-0.2, -0.15) is 10.1 Å². The van der Waals surface area contributed by atoms with E-state index in [1.165, 1.54) is 16.4 Å². The molecule has 0 aliphatic carbocycles. The number of nitrogens with zero attached hydrogens (tertiary/aromatic N) is 7. The first-order valence-corrected chi connectivity index (χ1v) is 8.61. The van der Waals surface area contributed by atoms with Crippen LogP contribution in [-0.2, 0) is 12.2 Å². The lowest BCUT2D eigenvalue weighted by Crippen LogP contribution is -2.17. The van der Waals surface area contributed by atoms with Gasteiger partial charge in [0.25, 0.3) is 5.95 Å². The van der Waals surface area contributed by atoms with Crippen molar-refractivity contribution < 1.29 is 4.52 Å². The molecular weight excluding hydrogens is 328 g/mol. The van der Waals surface area contributed by atoms with E-state index in [1.807, 2.05) is 19.9 Å². The van der Waals surface area contributed by atoms with Crippen LogP contribution in [0.5, 0.6) is 0 Å². The van der Waals surface area contributed by atoms with Crippen molar-refractivity contribution in [3.8, 4) is 5.95 Å². The predicted octanol–water partition coefficient (Wildman–Crippen LogP) is 1.67. The zero-order chi connectivity index (χ0) is 17.3. The lowest BCUT2D eigenvalue weighted by Gasteiger charge is -2.03. The Kier molecular flexibility index (Phi) is 4.56. The number of nitrogen functional groups attached to an aromatic ring is 1. The molecular formula is C14H20N8OS. The summed E-state index contributed by atoms with van der Waals surface area (Å²) in [6.07, 6.45) is 0.795. The van der Waals surface area contributed by atoms with Gasteiger partial charge in [0.1, 0.15) is 0 Å². The van der Waals surface area contributed by atoms with Crippen molar-refractivity contribution in [1.82, 2.24) is 34.8 Å². The van der Waals surface area contributed by atoms with E-state index in [9.17, 15) is 0 Å². The minimum atomic E-state index is 0.467. The van der Waals surface area contributed by atoms with E-state index < -0.39 is 0 Å². The molecule has 3 aromatic heterocycles. The Balaban J connectivity index is 1.70. The summed E-state index contributed by atoms with van der Waals surface area (Å²) in [5, 5.41) is 17.1. The summed E-state index contributed by atoms with van der Waals surface area (Å²) in [6, 6.07) is 1.95. The van der Waals surface area contributed by atoms with Crippen LogP contribution >= 0.6 is 11.8 Å². The quantitative estimate of drug-likeness (QED) is 0.528. The third kappa shape index (κ3) is 3.42. The molecule has 0 bridgehead atoms. The molecule has 3 heterocycles. The van der Waals surface area contributed by atoms with Crippen LogP contribution in [0.25, 0.3) is 5.95 Å². The number of aromatic nitrogens is 7. The van der Waals surface area contributed by atoms with Gasteiger partial charge in [0, 0.05) is 12.1 Å². The van der Waals surface area contributed by atoms with E-state index >= 15 is 0 Å². The van der Waals surface area contributed by atoms with E-state index in [-0.39, 0.29) is 0 Å². The number of nitrogens with two attached hydrogens (primary N) is 1. The number of rotatable bonds is 6. The van der Waals surface area contributed by atoms with E-state index in [0.717, 1.165) is 23.6 Å². The monoisotopic (exact) mass is 348 g/mol. The fraction of sp³-hybridized carbons (Fsp3) is 0.500. The molecule has 0 aliphatic rings. The van der Waals surface area contributed by atoms with Crippen LogP contribution in [0.4, 0.5) is 0 Å². The molecule has 0 unspecified atom stereocenters. The third-order valence-corrected chi connectivity index (χ3v) is 4.20. The van der Waals surface area contributed by atoms with E-state index in [1.54, 1.807) is 4.68 Å². The van der Waals surface area contributed by atoms with Crippen molar-refractivity contribution in [3.05, 3.63) is 29.2 Å². The molecule has 24 heavy (non-hydrogen) atoms. The minimum Gasteiger partial charge on any atom is -0.338 e. The zero-order valence-corrected chi connectivity index (χ0v) is 14.9. The molecule has 0 atom stereocenters. The maximum absolute atomic E-state index is 6.09. The fourth-order valence-electron chi connectivity index (χ4n) is 2.27. The Morgan fingerprint density at radius 1 is 1.29 bits per heavy atom. The Bertz CT molecular complexity index is 834. The molecule has 9 nitrogen and oxygen atoms in total. The second-order valence-corrected chi connectivity index (χ2v) is 6.92. The lowest BCUT2D eigenvalue weighted by molar-refractivity contribution is 0.382. The molecule has 128 valence electrons. The molecule has 10 heteroatoms. The van der Waals surface area contributed by atoms with Gasteiger partial charge in [-0.25, -0.2) is 9.36 Å². The van der Waals surface area contributed by atoms with Crippen LogP contribution in [0.3, 0.4) is 0 Å². The molecule has 3 aromatic rings. The normalized spacial score (nSPS) is 11.5. The highest BCUT2D eigenvalue weighted by atomic mass is 32.2. The van der Waals surface area contributed by atoms with Crippen molar-refractivity contribution in [1.29, 1.82) is 0 Å². The van der Waals surface area contributed by atoms with Crippen LogP contribution in [-0.4, -0.2) is 34.8 Å². The average Bonchev–Trinajstić information content (AvgIpc) is 3.17. The Morgan fingerprint density at radius 3 is 2.75 bits per heavy atom. The highest BCUT2D eigenvalue weighted by Gasteiger charge is 2.16. The van der Waals surface area contributed by atoms with Crippen LogP contribution in [0.2, 0.25) is 0 Å². The molecule has 0 saturated carbocycles. The average molecular weight is 348 g/mol. The molecule has 0 radical (unpaired) electrons. The predicted molar refractivity (Wildman–Crippen MR) is 89.2 cm³/mol. The first-order chi connectivity index (χ1) is 11.4. The Morgan fingerprint density at radius 2 is 2.08 bits per heavy atom. The van der Waals surface area contributed by atoms with Crippen molar-refractivity contribution >= 4 is 11.8 Å². The highest BCUT2D eigenvalue weighted by Crippen LogP contribution is 2.21. The molecule has 0 amide bonds. The molecule has 0 aromatic carbocycles. The summed E-state index contributed by atoms with van der Waals surface area (Å²) in [7, 11) is 0.